The van der Waals surface area contributed by atoms with Crippen LogP contribution in [0.25, 0.3) is 0 Å². The summed E-state index contributed by atoms with van der Waals surface area (Å²) in [4.78, 5) is 12.1. The Labute approximate surface area is 145 Å². The van der Waals surface area contributed by atoms with Gasteiger partial charge in [-0.3, -0.25) is 4.79 Å². The van der Waals surface area contributed by atoms with Crippen molar-refractivity contribution in [1.29, 1.82) is 0 Å². The highest BCUT2D eigenvalue weighted by Gasteiger charge is 2.35. The molecule has 5 heteroatoms. The third-order valence-corrected chi connectivity index (χ3v) is 4.90. The van der Waals surface area contributed by atoms with Crippen LogP contribution in [0, 0.1) is 11.6 Å². The van der Waals surface area contributed by atoms with Crippen molar-refractivity contribution in [3.8, 4) is 0 Å². The van der Waals surface area contributed by atoms with Gasteiger partial charge in [0.05, 0.1) is 17.7 Å². The van der Waals surface area contributed by atoms with Gasteiger partial charge < -0.3 is 10.4 Å². The van der Waals surface area contributed by atoms with Gasteiger partial charge in [-0.2, -0.15) is 0 Å². The maximum absolute atomic E-state index is 13.6. The number of hydrogen-bond donors (Lipinski definition) is 2. The standard InChI is InChI=1S/C20H21F2NO2/c21-16-7-4-8-17(19(16)22)23-18(24)13-20(25)11-9-15(10-12-20)14-5-2-1-3-6-14/h1-8,15,25H,9-13H2,(H,23,24). The number of benzene rings is 2. The molecule has 3 rings (SSSR count). The molecule has 0 radical (unpaired) electrons. The Hall–Kier alpha value is -2.27. The zero-order chi connectivity index (χ0) is 17.9. The highest BCUT2D eigenvalue weighted by molar-refractivity contribution is 5.91. The molecule has 3 nitrogen and oxygen atoms in total. The summed E-state index contributed by atoms with van der Waals surface area (Å²) >= 11 is 0. The number of nitrogens with one attached hydrogen (secondary N) is 1. The van der Waals surface area contributed by atoms with Crippen molar-refractivity contribution in [3.63, 3.8) is 0 Å². The van der Waals surface area contributed by atoms with Gasteiger partial charge in [0.1, 0.15) is 0 Å². The van der Waals surface area contributed by atoms with Crippen molar-refractivity contribution in [2.75, 3.05) is 5.32 Å². The Bertz CT molecular complexity index is 741. The molecule has 2 aromatic carbocycles. The van der Waals surface area contributed by atoms with Crippen LogP contribution < -0.4 is 5.32 Å². The molecule has 2 N–H and O–H groups in total. The van der Waals surface area contributed by atoms with E-state index in [2.05, 4.69) is 17.4 Å². The predicted molar refractivity (Wildman–Crippen MR) is 92.2 cm³/mol. The molecule has 1 saturated carbocycles. The number of rotatable bonds is 4. The summed E-state index contributed by atoms with van der Waals surface area (Å²) in [5, 5.41) is 13.0. The van der Waals surface area contributed by atoms with Gasteiger partial charge in [-0.15, -0.1) is 0 Å². The van der Waals surface area contributed by atoms with E-state index in [0.717, 1.165) is 18.9 Å². The second kappa shape index (κ2) is 7.31. The molecule has 1 aliphatic rings. The lowest BCUT2D eigenvalue weighted by Crippen LogP contribution is -2.37. The number of carbonyl (C=O) groups excluding carboxylic acids is 1. The highest BCUT2D eigenvalue weighted by atomic mass is 19.2. The fourth-order valence-electron chi connectivity index (χ4n) is 3.48. The first-order valence-corrected chi connectivity index (χ1v) is 8.48. The molecule has 1 amide bonds. The van der Waals surface area contributed by atoms with Crippen molar-refractivity contribution < 1.29 is 18.7 Å². The minimum atomic E-state index is -1.10. The first-order valence-electron chi connectivity index (χ1n) is 8.48. The summed E-state index contributed by atoms with van der Waals surface area (Å²) < 4.78 is 26.8. The minimum Gasteiger partial charge on any atom is -0.389 e. The molecular weight excluding hydrogens is 324 g/mol. The molecule has 0 saturated heterocycles. The Morgan fingerprint density at radius 2 is 1.76 bits per heavy atom. The third-order valence-electron chi connectivity index (χ3n) is 4.90. The maximum atomic E-state index is 13.6. The lowest BCUT2D eigenvalue weighted by molar-refractivity contribution is -0.122. The fourth-order valence-corrected chi connectivity index (χ4v) is 3.48. The summed E-state index contributed by atoms with van der Waals surface area (Å²) in [7, 11) is 0. The van der Waals surface area contributed by atoms with Crippen molar-refractivity contribution in [3.05, 3.63) is 65.7 Å². The van der Waals surface area contributed by atoms with Gasteiger partial charge in [-0.1, -0.05) is 36.4 Å². The predicted octanol–water partition coefficient (Wildman–Crippen LogP) is 4.38. The number of halogens is 2. The second-order valence-electron chi connectivity index (χ2n) is 6.74. The van der Waals surface area contributed by atoms with Crippen molar-refractivity contribution in [2.24, 2.45) is 0 Å². The van der Waals surface area contributed by atoms with E-state index < -0.39 is 23.1 Å². The van der Waals surface area contributed by atoms with Crippen LogP contribution in [-0.4, -0.2) is 16.6 Å². The Morgan fingerprint density at radius 1 is 1.08 bits per heavy atom. The van der Waals surface area contributed by atoms with E-state index in [1.165, 1.54) is 17.7 Å². The van der Waals surface area contributed by atoms with Crippen LogP contribution in [0.5, 0.6) is 0 Å². The van der Waals surface area contributed by atoms with Crippen LogP contribution in [0.1, 0.15) is 43.6 Å². The fraction of sp³-hybridized carbons (Fsp3) is 0.350. The van der Waals surface area contributed by atoms with Crippen molar-refractivity contribution >= 4 is 11.6 Å². The number of hydrogen-bond acceptors (Lipinski definition) is 2. The summed E-state index contributed by atoms with van der Waals surface area (Å²) in [6.45, 7) is 0. The van der Waals surface area contributed by atoms with Gasteiger partial charge in [0, 0.05) is 0 Å². The topological polar surface area (TPSA) is 49.3 Å². The van der Waals surface area contributed by atoms with Crippen LogP contribution in [-0.2, 0) is 4.79 Å². The minimum absolute atomic E-state index is 0.121. The lowest BCUT2D eigenvalue weighted by atomic mass is 9.74. The van der Waals surface area contributed by atoms with Crippen LogP contribution in [0.4, 0.5) is 14.5 Å². The number of aliphatic hydroxyl groups is 1. The molecular formula is C20H21F2NO2. The molecule has 1 aliphatic carbocycles. The van der Waals surface area contributed by atoms with E-state index >= 15 is 0 Å². The second-order valence-corrected chi connectivity index (χ2v) is 6.74. The number of anilines is 1. The quantitative estimate of drug-likeness (QED) is 0.864. The van der Waals surface area contributed by atoms with Crippen LogP contribution in [0.3, 0.4) is 0 Å². The van der Waals surface area contributed by atoms with Gasteiger partial charge in [-0.25, -0.2) is 8.78 Å². The molecule has 1 fully saturated rings. The normalized spacial score (nSPS) is 23.2. The molecule has 2 aromatic rings. The zero-order valence-electron chi connectivity index (χ0n) is 13.8. The number of amides is 1. The lowest BCUT2D eigenvalue weighted by Gasteiger charge is -2.35. The molecule has 25 heavy (non-hydrogen) atoms. The molecule has 0 aromatic heterocycles. The Balaban J connectivity index is 1.58. The summed E-state index contributed by atoms with van der Waals surface area (Å²) in [5.41, 5.74) is -0.0542. The van der Waals surface area contributed by atoms with Crippen LogP contribution in [0.2, 0.25) is 0 Å². The molecule has 0 atom stereocenters. The molecule has 0 heterocycles. The van der Waals surface area contributed by atoms with Gasteiger partial charge in [0.25, 0.3) is 0 Å². The van der Waals surface area contributed by atoms with E-state index in [1.807, 2.05) is 18.2 Å². The van der Waals surface area contributed by atoms with Crippen molar-refractivity contribution in [1.82, 2.24) is 0 Å². The molecule has 0 aliphatic heterocycles. The monoisotopic (exact) mass is 345 g/mol. The SMILES string of the molecule is O=C(CC1(O)CCC(c2ccccc2)CC1)Nc1cccc(F)c1F. The Morgan fingerprint density at radius 3 is 2.44 bits per heavy atom. The van der Waals surface area contributed by atoms with Gasteiger partial charge in [-0.05, 0) is 49.3 Å². The molecule has 0 bridgehead atoms. The van der Waals surface area contributed by atoms with E-state index in [-0.39, 0.29) is 12.1 Å². The average molecular weight is 345 g/mol. The highest BCUT2D eigenvalue weighted by Crippen LogP contribution is 2.39. The summed E-state index contributed by atoms with van der Waals surface area (Å²) in [6.07, 6.45) is 2.48. The average Bonchev–Trinajstić information content (AvgIpc) is 2.60. The summed E-state index contributed by atoms with van der Waals surface area (Å²) in [5.74, 6) is -2.23. The van der Waals surface area contributed by atoms with Crippen molar-refractivity contribution in [2.45, 2.75) is 43.6 Å². The van der Waals surface area contributed by atoms with Gasteiger partial charge in [0.15, 0.2) is 11.6 Å². The van der Waals surface area contributed by atoms with E-state index in [0.29, 0.717) is 18.8 Å². The van der Waals surface area contributed by atoms with Crippen LogP contribution in [0.15, 0.2) is 48.5 Å². The van der Waals surface area contributed by atoms with E-state index in [1.54, 1.807) is 0 Å². The first-order chi connectivity index (χ1) is 12.0. The molecule has 0 spiro atoms. The zero-order valence-corrected chi connectivity index (χ0v) is 13.8. The van der Waals surface area contributed by atoms with Crippen LogP contribution >= 0.6 is 0 Å². The number of carbonyl (C=O) groups is 1. The largest absolute Gasteiger partial charge is 0.389 e. The van der Waals surface area contributed by atoms with Gasteiger partial charge >= 0.3 is 0 Å². The third kappa shape index (κ3) is 4.23. The summed E-state index contributed by atoms with van der Waals surface area (Å²) in [6, 6.07) is 13.7. The molecule has 132 valence electrons. The Kier molecular flexibility index (Phi) is 5.13. The first kappa shape index (κ1) is 17.5. The maximum Gasteiger partial charge on any atom is 0.227 e. The molecule has 0 unspecified atom stereocenters. The van der Waals surface area contributed by atoms with E-state index in [4.69, 9.17) is 0 Å². The van der Waals surface area contributed by atoms with E-state index in [9.17, 15) is 18.7 Å². The smallest absolute Gasteiger partial charge is 0.227 e. The van der Waals surface area contributed by atoms with Gasteiger partial charge in [0.2, 0.25) is 5.91 Å².